The van der Waals surface area contributed by atoms with Crippen LogP contribution in [0.15, 0.2) is 35.7 Å². The van der Waals surface area contributed by atoms with Gasteiger partial charge in [0.25, 0.3) is 0 Å². The third-order valence-electron chi connectivity index (χ3n) is 2.29. The van der Waals surface area contributed by atoms with Crippen molar-refractivity contribution in [3.63, 3.8) is 0 Å². The fraction of sp³-hybridized carbons (Fsp3) is 0.167. The lowest BCUT2D eigenvalue weighted by Gasteiger charge is -2.12. The zero-order chi connectivity index (χ0) is 12.3. The first kappa shape index (κ1) is 12.4. The lowest BCUT2D eigenvalue weighted by molar-refractivity contribution is 0.195. The molecule has 0 saturated carbocycles. The van der Waals surface area contributed by atoms with Gasteiger partial charge in [-0.1, -0.05) is 17.7 Å². The maximum atomic E-state index is 12.8. The molecule has 1 unspecified atom stereocenters. The number of rotatable bonds is 4. The van der Waals surface area contributed by atoms with Gasteiger partial charge in [0.15, 0.2) is 0 Å². The molecule has 17 heavy (non-hydrogen) atoms. The molecule has 2 aromatic rings. The Bertz CT molecular complexity index is 489. The van der Waals surface area contributed by atoms with Gasteiger partial charge in [0.1, 0.15) is 11.9 Å². The second-order valence-corrected chi connectivity index (χ2v) is 4.92. The Balaban J connectivity index is 1.98. The number of aliphatic hydroxyl groups is 1. The van der Waals surface area contributed by atoms with Crippen molar-refractivity contribution in [2.75, 3.05) is 11.9 Å². The van der Waals surface area contributed by atoms with Crippen LogP contribution in [0.25, 0.3) is 0 Å². The van der Waals surface area contributed by atoms with Crippen LogP contribution in [0, 0.1) is 5.82 Å². The van der Waals surface area contributed by atoms with Gasteiger partial charge in [0.05, 0.1) is 10.7 Å². The summed E-state index contributed by atoms with van der Waals surface area (Å²) >= 11 is 7.35. The second kappa shape index (κ2) is 5.49. The van der Waals surface area contributed by atoms with Crippen molar-refractivity contribution in [2.24, 2.45) is 0 Å². The highest BCUT2D eigenvalue weighted by Gasteiger charge is 2.09. The summed E-state index contributed by atoms with van der Waals surface area (Å²) in [5.41, 5.74) is 0.615. The van der Waals surface area contributed by atoms with Gasteiger partial charge < -0.3 is 10.4 Å². The number of nitrogens with one attached hydrogen (secondary N) is 1. The van der Waals surface area contributed by atoms with Crippen LogP contribution >= 0.6 is 22.9 Å². The maximum absolute atomic E-state index is 12.8. The monoisotopic (exact) mass is 271 g/mol. The quantitative estimate of drug-likeness (QED) is 0.889. The summed E-state index contributed by atoms with van der Waals surface area (Å²) in [6.07, 6.45) is -0.587. The number of anilines is 1. The summed E-state index contributed by atoms with van der Waals surface area (Å²) < 4.78 is 12.8. The summed E-state index contributed by atoms with van der Waals surface area (Å²) in [5, 5.41) is 15.0. The van der Waals surface area contributed by atoms with E-state index in [1.165, 1.54) is 23.5 Å². The topological polar surface area (TPSA) is 32.3 Å². The van der Waals surface area contributed by atoms with Crippen molar-refractivity contribution in [1.29, 1.82) is 0 Å². The van der Waals surface area contributed by atoms with Crippen LogP contribution < -0.4 is 5.32 Å². The molecule has 0 fully saturated rings. The van der Waals surface area contributed by atoms with E-state index in [-0.39, 0.29) is 5.82 Å². The van der Waals surface area contributed by atoms with Gasteiger partial charge in [0, 0.05) is 11.4 Å². The van der Waals surface area contributed by atoms with E-state index in [0.29, 0.717) is 17.3 Å². The standard InChI is InChI=1S/C12H11ClFNOS/c13-9-6-8(14)3-4-10(9)15-7-11(16)12-2-1-5-17-12/h1-6,11,15-16H,7H2. The molecule has 5 heteroatoms. The molecule has 0 aliphatic carbocycles. The zero-order valence-electron chi connectivity index (χ0n) is 8.86. The van der Waals surface area contributed by atoms with Gasteiger partial charge in [-0.25, -0.2) is 4.39 Å². The van der Waals surface area contributed by atoms with Crippen LogP contribution in [-0.2, 0) is 0 Å². The predicted molar refractivity (Wildman–Crippen MR) is 69.2 cm³/mol. The Morgan fingerprint density at radius 1 is 1.41 bits per heavy atom. The minimum Gasteiger partial charge on any atom is -0.386 e. The molecule has 1 heterocycles. The molecule has 0 amide bonds. The molecule has 0 aliphatic heterocycles. The van der Waals surface area contributed by atoms with Crippen LogP contribution in [0.3, 0.4) is 0 Å². The van der Waals surface area contributed by atoms with Gasteiger partial charge >= 0.3 is 0 Å². The molecule has 90 valence electrons. The van der Waals surface area contributed by atoms with Crippen molar-refractivity contribution in [3.05, 3.63) is 51.4 Å². The SMILES string of the molecule is OC(CNc1ccc(F)cc1Cl)c1cccs1. The molecule has 2 rings (SSSR count). The third kappa shape index (κ3) is 3.19. The fourth-order valence-electron chi connectivity index (χ4n) is 1.42. The Morgan fingerprint density at radius 3 is 2.88 bits per heavy atom. The summed E-state index contributed by atoms with van der Waals surface area (Å²) in [4.78, 5) is 0.885. The van der Waals surface area contributed by atoms with Crippen LogP contribution in [0.2, 0.25) is 5.02 Å². The highest BCUT2D eigenvalue weighted by Crippen LogP contribution is 2.24. The van der Waals surface area contributed by atoms with Crippen molar-refractivity contribution in [2.45, 2.75) is 6.10 Å². The Hall–Kier alpha value is -1.10. The fourth-order valence-corrected chi connectivity index (χ4v) is 2.37. The number of hydrogen-bond acceptors (Lipinski definition) is 3. The molecule has 0 radical (unpaired) electrons. The second-order valence-electron chi connectivity index (χ2n) is 3.54. The lowest BCUT2D eigenvalue weighted by Crippen LogP contribution is -2.11. The van der Waals surface area contributed by atoms with E-state index in [1.807, 2.05) is 17.5 Å². The van der Waals surface area contributed by atoms with E-state index in [2.05, 4.69) is 5.32 Å². The minimum absolute atomic E-state index is 0.309. The van der Waals surface area contributed by atoms with Crippen molar-refractivity contribution in [3.8, 4) is 0 Å². The number of halogens is 2. The van der Waals surface area contributed by atoms with Crippen LogP contribution in [0.5, 0.6) is 0 Å². The smallest absolute Gasteiger partial charge is 0.124 e. The van der Waals surface area contributed by atoms with Crippen molar-refractivity contribution >= 4 is 28.6 Å². The highest BCUT2D eigenvalue weighted by atomic mass is 35.5. The molecule has 1 aromatic heterocycles. The van der Waals surface area contributed by atoms with Gasteiger partial charge in [-0.3, -0.25) is 0 Å². The Labute approximate surface area is 108 Å². The number of benzene rings is 1. The van der Waals surface area contributed by atoms with E-state index in [4.69, 9.17) is 11.6 Å². The molecule has 1 atom stereocenters. The molecular weight excluding hydrogens is 261 g/mol. The highest BCUT2D eigenvalue weighted by molar-refractivity contribution is 7.10. The molecule has 0 bridgehead atoms. The number of thiophene rings is 1. The maximum Gasteiger partial charge on any atom is 0.124 e. The van der Waals surface area contributed by atoms with E-state index >= 15 is 0 Å². The summed E-state index contributed by atoms with van der Waals surface area (Å²) in [6, 6.07) is 7.86. The minimum atomic E-state index is -0.587. The number of aliphatic hydroxyl groups excluding tert-OH is 1. The van der Waals surface area contributed by atoms with Crippen molar-refractivity contribution in [1.82, 2.24) is 0 Å². The van der Waals surface area contributed by atoms with E-state index in [1.54, 1.807) is 6.07 Å². The number of hydrogen-bond donors (Lipinski definition) is 2. The van der Waals surface area contributed by atoms with E-state index < -0.39 is 6.10 Å². The average Bonchev–Trinajstić information content (AvgIpc) is 2.81. The molecular formula is C12H11ClFNOS. The van der Waals surface area contributed by atoms with E-state index in [0.717, 1.165) is 4.88 Å². The zero-order valence-corrected chi connectivity index (χ0v) is 10.4. The normalized spacial score (nSPS) is 12.4. The van der Waals surface area contributed by atoms with Crippen molar-refractivity contribution < 1.29 is 9.50 Å². The predicted octanol–water partition coefficient (Wildman–Crippen LogP) is 3.69. The third-order valence-corrected chi connectivity index (χ3v) is 3.57. The Kier molecular flexibility index (Phi) is 3.99. The van der Waals surface area contributed by atoms with Gasteiger partial charge in [-0.2, -0.15) is 0 Å². The van der Waals surface area contributed by atoms with Gasteiger partial charge in [-0.15, -0.1) is 11.3 Å². The van der Waals surface area contributed by atoms with Crippen LogP contribution in [0.4, 0.5) is 10.1 Å². The molecule has 2 N–H and O–H groups in total. The first-order valence-corrected chi connectivity index (χ1v) is 6.33. The first-order chi connectivity index (χ1) is 8.16. The Morgan fingerprint density at radius 2 is 2.24 bits per heavy atom. The van der Waals surface area contributed by atoms with Crippen LogP contribution in [0.1, 0.15) is 11.0 Å². The molecule has 2 nitrogen and oxygen atoms in total. The van der Waals surface area contributed by atoms with E-state index in [9.17, 15) is 9.50 Å². The molecule has 0 saturated heterocycles. The average molecular weight is 272 g/mol. The van der Waals surface area contributed by atoms with Crippen LogP contribution in [-0.4, -0.2) is 11.7 Å². The van der Waals surface area contributed by atoms with Gasteiger partial charge in [0.2, 0.25) is 0 Å². The largest absolute Gasteiger partial charge is 0.386 e. The first-order valence-electron chi connectivity index (χ1n) is 5.07. The molecule has 1 aromatic carbocycles. The summed E-state index contributed by atoms with van der Waals surface area (Å²) in [6.45, 7) is 0.339. The molecule has 0 aliphatic rings. The summed E-state index contributed by atoms with van der Waals surface area (Å²) in [7, 11) is 0. The molecule has 0 spiro atoms. The van der Waals surface area contributed by atoms with Gasteiger partial charge in [-0.05, 0) is 29.6 Å². The lowest BCUT2D eigenvalue weighted by atomic mass is 10.2. The summed E-state index contributed by atoms with van der Waals surface area (Å²) in [5.74, 6) is -0.376.